The van der Waals surface area contributed by atoms with Crippen LogP contribution in [-0.2, 0) is 16.6 Å². The summed E-state index contributed by atoms with van der Waals surface area (Å²) < 4.78 is 26.7. The molecule has 0 saturated carbocycles. The lowest BCUT2D eigenvalue weighted by Crippen LogP contribution is -2.42. The Morgan fingerprint density at radius 1 is 0.833 bits per heavy atom. The molecule has 11 heteroatoms. The minimum Gasteiger partial charge on any atom is -0.267 e. The first-order valence-electron chi connectivity index (χ1n) is 10.9. The number of fused-ring (bicyclic) bond motifs is 1. The van der Waals surface area contributed by atoms with Crippen LogP contribution in [0, 0.1) is 0 Å². The lowest BCUT2D eigenvalue weighted by atomic mass is 10.1. The topological polar surface area (TPSA) is 130 Å². The predicted molar refractivity (Wildman–Crippen MR) is 134 cm³/mol. The number of nitrogens with one attached hydrogen (secondary N) is 2. The zero-order valence-corrected chi connectivity index (χ0v) is 20.3. The molecule has 4 aromatic rings. The van der Waals surface area contributed by atoms with Gasteiger partial charge < -0.3 is 0 Å². The summed E-state index contributed by atoms with van der Waals surface area (Å²) >= 11 is 0. The molecule has 0 spiro atoms. The molecule has 0 bridgehead atoms. The van der Waals surface area contributed by atoms with Gasteiger partial charge in [-0.3, -0.25) is 25.2 Å². The molecule has 0 aliphatic rings. The Balaban J connectivity index is 1.56. The summed E-state index contributed by atoms with van der Waals surface area (Å²) in [7, 11) is -0.819. The Hall–Kier alpha value is -4.35. The molecule has 0 aliphatic heterocycles. The first kappa shape index (κ1) is 24.8. The summed E-state index contributed by atoms with van der Waals surface area (Å²) in [6, 6.07) is 21.1. The van der Waals surface area contributed by atoms with E-state index in [1.807, 2.05) is 30.3 Å². The van der Waals surface area contributed by atoms with Crippen LogP contribution in [0.1, 0.15) is 26.4 Å². The molecule has 0 saturated heterocycles. The van der Waals surface area contributed by atoms with Crippen molar-refractivity contribution < 1.29 is 18.0 Å². The highest BCUT2D eigenvalue weighted by molar-refractivity contribution is 7.89. The van der Waals surface area contributed by atoms with E-state index in [4.69, 9.17) is 0 Å². The van der Waals surface area contributed by atoms with Crippen LogP contribution in [0.15, 0.2) is 88.6 Å². The molecule has 1 aromatic heterocycles. The summed E-state index contributed by atoms with van der Waals surface area (Å²) in [5, 5.41) is 4.93. The van der Waals surface area contributed by atoms with Crippen LogP contribution in [-0.4, -0.2) is 48.4 Å². The highest BCUT2D eigenvalue weighted by atomic mass is 32.2. The number of nitrogens with zero attached hydrogens (tertiary/aromatic N) is 3. The van der Waals surface area contributed by atoms with Crippen LogP contribution in [0.4, 0.5) is 0 Å². The van der Waals surface area contributed by atoms with Crippen LogP contribution >= 0.6 is 0 Å². The van der Waals surface area contributed by atoms with Gasteiger partial charge >= 0.3 is 0 Å². The lowest BCUT2D eigenvalue weighted by molar-refractivity contribution is 0.0843. The highest BCUT2D eigenvalue weighted by Crippen LogP contribution is 2.15. The van der Waals surface area contributed by atoms with Crippen LogP contribution in [0.25, 0.3) is 10.8 Å². The molecule has 0 aliphatic carbocycles. The van der Waals surface area contributed by atoms with Crippen molar-refractivity contribution in [1.29, 1.82) is 0 Å². The van der Waals surface area contributed by atoms with Crippen molar-refractivity contribution in [3.8, 4) is 0 Å². The molecular weight excluding hydrogens is 482 g/mol. The number of carbonyl (C=O) groups is 2. The quantitative estimate of drug-likeness (QED) is 0.384. The second kappa shape index (κ2) is 10.1. The zero-order valence-electron chi connectivity index (χ0n) is 19.5. The molecule has 0 atom stereocenters. The fourth-order valence-electron chi connectivity index (χ4n) is 3.50. The third-order valence-corrected chi connectivity index (χ3v) is 7.27. The number of rotatable bonds is 6. The Labute approximate surface area is 207 Å². The minimum atomic E-state index is -3.64. The Kier molecular flexibility index (Phi) is 6.95. The smallest absolute Gasteiger partial charge is 0.267 e. The van der Waals surface area contributed by atoms with Gasteiger partial charge in [0.15, 0.2) is 5.69 Å². The third-order valence-electron chi connectivity index (χ3n) is 5.44. The fourth-order valence-corrected chi connectivity index (χ4v) is 4.40. The van der Waals surface area contributed by atoms with Crippen molar-refractivity contribution in [1.82, 2.24) is 24.9 Å². The average molecular weight is 506 g/mol. The van der Waals surface area contributed by atoms with Gasteiger partial charge in [0, 0.05) is 25.0 Å². The van der Waals surface area contributed by atoms with Gasteiger partial charge in [0.25, 0.3) is 17.4 Å². The molecule has 1 heterocycles. The number of amides is 2. The van der Waals surface area contributed by atoms with Gasteiger partial charge in [0.2, 0.25) is 10.0 Å². The van der Waals surface area contributed by atoms with Gasteiger partial charge in [-0.15, -0.1) is 0 Å². The summed E-state index contributed by atoms with van der Waals surface area (Å²) in [4.78, 5) is 38.5. The maximum atomic E-state index is 13.0. The van der Waals surface area contributed by atoms with Crippen molar-refractivity contribution in [2.75, 3.05) is 14.1 Å². The van der Waals surface area contributed by atoms with Crippen molar-refractivity contribution in [3.05, 3.63) is 106 Å². The van der Waals surface area contributed by atoms with E-state index < -0.39 is 21.8 Å². The fraction of sp³-hybridized carbons (Fsp3) is 0.120. The number of benzene rings is 3. The molecule has 4 rings (SSSR count). The van der Waals surface area contributed by atoms with Gasteiger partial charge in [-0.2, -0.15) is 5.10 Å². The molecule has 184 valence electrons. The second-order valence-corrected chi connectivity index (χ2v) is 10.2. The average Bonchev–Trinajstić information content (AvgIpc) is 2.89. The maximum Gasteiger partial charge on any atom is 0.290 e. The summed E-state index contributed by atoms with van der Waals surface area (Å²) in [5.74, 6) is -1.37. The molecule has 2 N–H and O–H groups in total. The molecular formula is C25H23N5O5S. The molecule has 10 nitrogen and oxygen atoms in total. The summed E-state index contributed by atoms with van der Waals surface area (Å²) in [6.45, 7) is 0.166. The number of hydrogen-bond acceptors (Lipinski definition) is 6. The molecule has 0 radical (unpaired) electrons. The van der Waals surface area contributed by atoms with E-state index in [2.05, 4.69) is 16.0 Å². The molecule has 2 amide bonds. The summed E-state index contributed by atoms with van der Waals surface area (Å²) in [5.41, 5.74) is 5.22. The number of hydrazine groups is 1. The van der Waals surface area contributed by atoms with Crippen molar-refractivity contribution >= 4 is 32.6 Å². The minimum absolute atomic E-state index is 0.0319. The van der Waals surface area contributed by atoms with Gasteiger partial charge in [-0.25, -0.2) is 17.4 Å². The van der Waals surface area contributed by atoms with E-state index >= 15 is 0 Å². The maximum absolute atomic E-state index is 13.0. The van der Waals surface area contributed by atoms with Gasteiger partial charge in [0.05, 0.1) is 16.8 Å². The number of sulfonamides is 1. The second-order valence-electron chi connectivity index (χ2n) is 8.06. The first-order valence-corrected chi connectivity index (χ1v) is 12.3. The lowest BCUT2D eigenvalue weighted by Gasteiger charge is -2.13. The van der Waals surface area contributed by atoms with Crippen molar-refractivity contribution in [2.45, 2.75) is 11.4 Å². The van der Waals surface area contributed by atoms with E-state index in [0.29, 0.717) is 10.8 Å². The Morgan fingerprint density at radius 2 is 1.42 bits per heavy atom. The first-order chi connectivity index (χ1) is 17.2. The van der Waals surface area contributed by atoms with Gasteiger partial charge in [-0.05, 0) is 35.9 Å². The molecule has 0 unspecified atom stereocenters. The number of carbonyl (C=O) groups excluding carboxylic acids is 2. The highest BCUT2D eigenvalue weighted by Gasteiger charge is 2.19. The molecule has 36 heavy (non-hydrogen) atoms. The SMILES string of the molecule is CN(C)S(=O)(=O)c1ccc(C(=O)NNC(=O)c2nn(Cc3ccccc3)c(=O)c3ccccc23)cc1. The van der Waals surface area contributed by atoms with E-state index in [1.54, 1.807) is 24.3 Å². The van der Waals surface area contributed by atoms with Gasteiger partial charge in [-0.1, -0.05) is 48.5 Å². The van der Waals surface area contributed by atoms with Crippen LogP contribution in [0.5, 0.6) is 0 Å². The van der Waals surface area contributed by atoms with Crippen LogP contribution in [0.2, 0.25) is 0 Å². The number of hydrogen-bond donors (Lipinski definition) is 2. The monoisotopic (exact) mass is 505 g/mol. The van der Waals surface area contributed by atoms with E-state index in [-0.39, 0.29) is 28.3 Å². The third kappa shape index (κ3) is 5.02. The standard InChI is InChI=1S/C25H23N5O5S/c1-29(2)36(34,35)19-14-12-18(13-15-19)23(31)26-27-24(32)22-20-10-6-7-11-21(20)25(33)30(28-22)16-17-8-4-3-5-9-17/h3-15H,16H2,1-2H3,(H,26,31)(H,27,32). The molecule has 3 aromatic carbocycles. The number of aromatic nitrogens is 2. The van der Waals surface area contributed by atoms with E-state index in [9.17, 15) is 22.8 Å². The van der Waals surface area contributed by atoms with Gasteiger partial charge in [0.1, 0.15) is 0 Å². The zero-order chi connectivity index (χ0) is 25.9. The van der Waals surface area contributed by atoms with Crippen molar-refractivity contribution in [2.24, 2.45) is 0 Å². The largest absolute Gasteiger partial charge is 0.290 e. The van der Waals surface area contributed by atoms with E-state index in [0.717, 1.165) is 9.87 Å². The van der Waals surface area contributed by atoms with E-state index in [1.165, 1.54) is 43.0 Å². The Bertz CT molecular complexity index is 1600. The summed E-state index contributed by atoms with van der Waals surface area (Å²) in [6.07, 6.45) is 0. The van der Waals surface area contributed by atoms with Crippen molar-refractivity contribution in [3.63, 3.8) is 0 Å². The Morgan fingerprint density at radius 3 is 2.06 bits per heavy atom. The van der Waals surface area contributed by atoms with Crippen LogP contribution in [0.3, 0.4) is 0 Å². The predicted octanol–water partition coefficient (Wildman–Crippen LogP) is 1.77. The molecule has 0 fully saturated rings. The normalized spacial score (nSPS) is 11.4. The van der Waals surface area contributed by atoms with Crippen LogP contribution < -0.4 is 16.4 Å².